The molecular weight excluding hydrogens is 244 g/mol. The van der Waals surface area contributed by atoms with Crippen LogP contribution in [-0.2, 0) is 0 Å². The summed E-state index contributed by atoms with van der Waals surface area (Å²) >= 11 is 1.68. The first-order valence-corrected chi connectivity index (χ1v) is 7.85. The molecule has 0 amide bonds. The van der Waals surface area contributed by atoms with Crippen LogP contribution in [0.25, 0.3) is 0 Å². The van der Waals surface area contributed by atoms with Crippen LogP contribution in [0.4, 0.5) is 0 Å². The highest BCUT2D eigenvalue weighted by molar-refractivity contribution is 7.09. The topological polar surface area (TPSA) is 45.2 Å². The van der Waals surface area contributed by atoms with Crippen molar-refractivity contribution in [3.8, 4) is 0 Å². The highest BCUT2D eigenvalue weighted by Gasteiger charge is 2.28. The van der Waals surface area contributed by atoms with Gasteiger partial charge in [0.25, 0.3) is 0 Å². The molecule has 2 N–H and O–H groups in total. The summed E-state index contributed by atoms with van der Waals surface area (Å²) in [4.78, 5) is 4.49. The van der Waals surface area contributed by atoms with E-state index in [1.165, 1.54) is 12.8 Å². The molecule has 0 bridgehead atoms. The molecule has 18 heavy (non-hydrogen) atoms. The van der Waals surface area contributed by atoms with Gasteiger partial charge in [-0.3, -0.25) is 0 Å². The second-order valence-electron chi connectivity index (χ2n) is 5.53. The number of hydrogen-bond donors (Lipinski definition) is 2. The second-order valence-corrected chi connectivity index (χ2v) is 6.59. The molecular formula is C14H24N2OS. The molecule has 1 heterocycles. The molecule has 3 nitrogen and oxygen atoms in total. The van der Waals surface area contributed by atoms with E-state index < -0.39 is 5.60 Å². The first kappa shape index (κ1) is 14.0. The van der Waals surface area contributed by atoms with Crippen molar-refractivity contribution in [2.24, 2.45) is 0 Å². The largest absolute Gasteiger partial charge is 0.389 e. The van der Waals surface area contributed by atoms with E-state index in [2.05, 4.69) is 22.6 Å². The van der Waals surface area contributed by atoms with Gasteiger partial charge in [-0.15, -0.1) is 11.3 Å². The number of aryl methyl sites for hydroxylation is 1. The molecule has 4 heteroatoms. The van der Waals surface area contributed by atoms with Crippen LogP contribution < -0.4 is 5.32 Å². The Kier molecular flexibility index (Phi) is 4.76. The van der Waals surface area contributed by atoms with Gasteiger partial charge >= 0.3 is 0 Å². The van der Waals surface area contributed by atoms with Crippen LogP contribution in [-0.4, -0.2) is 22.2 Å². The molecule has 0 radical (unpaired) electrons. The average molecular weight is 268 g/mol. The zero-order valence-corrected chi connectivity index (χ0v) is 12.2. The average Bonchev–Trinajstić information content (AvgIpc) is 2.66. The lowest BCUT2D eigenvalue weighted by Gasteiger charge is -2.28. The Morgan fingerprint density at radius 3 is 2.61 bits per heavy atom. The van der Waals surface area contributed by atoms with E-state index in [9.17, 15) is 5.11 Å². The molecule has 1 atom stereocenters. The molecule has 2 rings (SSSR count). The van der Waals surface area contributed by atoms with Crippen LogP contribution in [0.15, 0.2) is 5.38 Å². The summed E-state index contributed by atoms with van der Waals surface area (Å²) < 4.78 is 0. The van der Waals surface area contributed by atoms with Crippen molar-refractivity contribution >= 4 is 11.3 Å². The maximum Gasteiger partial charge on any atom is 0.0898 e. The van der Waals surface area contributed by atoms with E-state index in [4.69, 9.17) is 0 Å². The predicted molar refractivity (Wildman–Crippen MR) is 75.9 cm³/mol. The Bertz CT molecular complexity index is 370. The third kappa shape index (κ3) is 3.77. The maximum absolute atomic E-state index is 10.6. The number of aromatic nitrogens is 1. The van der Waals surface area contributed by atoms with Gasteiger partial charge in [0, 0.05) is 18.0 Å². The molecule has 1 aromatic rings. The monoisotopic (exact) mass is 268 g/mol. The molecule has 0 saturated heterocycles. The van der Waals surface area contributed by atoms with Gasteiger partial charge in [-0.05, 0) is 26.7 Å². The fourth-order valence-electron chi connectivity index (χ4n) is 2.59. The van der Waals surface area contributed by atoms with Crippen molar-refractivity contribution in [2.75, 3.05) is 6.54 Å². The van der Waals surface area contributed by atoms with Gasteiger partial charge in [-0.25, -0.2) is 4.98 Å². The Morgan fingerprint density at radius 2 is 2.06 bits per heavy atom. The number of thiazole rings is 1. The first-order valence-electron chi connectivity index (χ1n) is 6.97. The van der Waals surface area contributed by atoms with Crippen molar-refractivity contribution in [1.82, 2.24) is 10.3 Å². The van der Waals surface area contributed by atoms with Gasteiger partial charge in [0.05, 0.1) is 16.3 Å². The standard InChI is InChI=1S/C14H24N2OS/c1-11(13-9-18-12(2)16-13)15-10-14(17)7-5-3-4-6-8-14/h9,11,15,17H,3-8,10H2,1-2H3. The van der Waals surface area contributed by atoms with E-state index >= 15 is 0 Å². The van der Waals surface area contributed by atoms with Crippen LogP contribution in [0.3, 0.4) is 0 Å². The molecule has 1 aliphatic carbocycles. The van der Waals surface area contributed by atoms with Gasteiger partial charge in [-0.2, -0.15) is 0 Å². The number of rotatable bonds is 4. The van der Waals surface area contributed by atoms with Crippen molar-refractivity contribution in [3.05, 3.63) is 16.1 Å². The molecule has 0 spiro atoms. The van der Waals surface area contributed by atoms with Crippen LogP contribution in [0.2, 0.25) is 0 Å². The minimum atomic E-state index is -0.504. The van der Waals surface area contributed by atoms with Crippen molar-refractivity contribution in [3.63, 3.8) is 0 Å². The minimum absolute atomic E-state index is 0.224. The van der Waals surface area contributed by atoms with E-state index in [0.717, 1.165) is 36.4 Å². The molecule has 0 aliphatic heterocycles. The summed E-state index contributed by atoms with van der Waals surface area (Å²) in [5.74, 6) is 0. The summed E-state index contributed by atoms with van der Waals surface area (Å²) in [6.07, 6.45) is 6.71. The summed E-state index contributed by atoms with van der Waals surface area (Å²) in [5.41, 5.74) is 0.588. The SMILES string of the molecule is Cc1nc(C(C)NCC2(O)CCCCCC2)cs1. The van der Waals surface area contributed by atoms with Gasteiger partial charge in [0.15, 0.2) is 0 Å². The number of hydrogen-bond acceptors (Lipinski definition) is 4. The van der Waals surface area contributed by atoms with Gasteiger partial charge in [0.1, 0.15) is 0 Å². The van der Waals surface area contributed by atoms with Crippen LogP contribution in [0, 0.1) is 6.92 Å². The third-order valence-electron chi connectivity index (χ3n) is 3.85. The zero-order valence-electron chi connectivity index (χ0n) is 11.4. The summed E-state index contributed by atoms with van der Waals surface area (Å²) in [7, 11) is 0. The molecule has 1 unspecified atom stereocenters. The highest BCUT2D eigenvalue weighted by Crippen LogP contribution is 2.27. The van der Waals surface area contributed by atoms with E-state index in [0.29, 0.717) is 6.54 Å². The Morgan fingerprint density at radius 1 is 1.39 bits per heavy atom. The van der Waals surface area contributed by atoms with Gasteiger partial charge < -0.3 is 10.4 Å². The van der Waals surface area contributed by atoms with Crippen LogP contribution >= 0.6 is 11.3 Å². The third-order valence-corrected chi connectivity index (χ3v) is 4.64. The first-order chi connectivity index (χ1) is 8.59. The Hall–Kier alpha value is -0.450. The van der Waals surface area contributed by atoms with Gasteiger partial charge in [-0.1, -0.05) is 25.7 Å². The smallest absolute Gasteiger partial charge is 0.0898 e. The molecule has 1 aromatic heterocycles. The maximum atomic E-state index is 10.6. The number of nitrogens with zero attached hydrogens (tertiary/aromatic N) is 1. The lowest BCUT2D eigenvalue weighted by Crippen LogP contribution is -2.41. The van der Waals surface area contributed by atoms with Gasteiger partial charge in [0.2, 0.25) is 0 Å². The van der Waals surface area contributed by atoms with Crippen molar-refractivity contribution < 1.29 is 5.11 Å². The minimum Gasteiger partial charge on any atom is -0.389 e. The normalized spacial score (nSPS) is 21.5. The Balaban J connectivity index is 1.86. The summed E-state index contributed by atoms with van der Waals surface area (Å²) in [6.45, 7) is 4.83. The zero-order chi connectivity index (χ0) is 13.0. The number of aliphatic hydroxyl groups is 1. The quantitative estimate of drug-likeness (QED) is 0.824. The molecule has 1 aliphatic rings. The van der Waals surface area contributed by atoms with Crippen LogP contribution in [0.1, 0.15) is 62.2 Å². The molecule has 0 aromatic carbocycles. The summed E-state index contributed by atoms with van der Waals surface area (Å²) in [6, 6.07) is 0.224. The van der Waals surface area contributed by atoms with Crippen LogP contribution in [0.5, 0.6) is 0 Å². The molecule has 1 fully saturated rings. The molecule has 1 saturated carbocycles. The fourth-order valence-corrected chi connectivity index (χ4v) is 3.30. The fraction of sp³-hybridized carbons (Fsp3) is 0.786. The van der Waals surface area contributed by atoms with Crippen molar-refractivity contribution in [2.45, 2.75) is 64.0 Å². The summed E-state index contributed by atoms with van der Waals surface area (Å²) in [5, 5.41) is 17.2. The van der Waals surface area contributed by atoms with E-state index in [1.54, 1.807) is 11.3 Å². The lowest BCUT2D eigenvalue weighted by atomic mass is 9.94. The highest BCUT2D eigenvalue weighted by atomic mass is 32.1. The second kappa shape index (κ2) is 6.13. The van der Waals surface area contributed by atoms with E-state index in [1.807, 2.05) is 6.92 Å². The van der Waals surface area contributed by atoms with E-state index in [-0.39, 0.29) is 6.04 Å². The lowest BCUT2D eigenvalue weighted by molar-refractivity contribution is 0.0230. The van der Waals surface area contributed by atoms with Crippen molar-refractivity contribution in [1.29, 1.82) is 0 Å². The Labute approximate surface area is 114 Å². The molecule has 102 valence electrons. The predicted octanol–water partition coefficient (Wildman–Crippen LogP) is 3.19. The number of nitrogens with one attached hydrogen (secondary N) is 1.